The topological polar surface area (TPSA) is 41.5 Å². The van der Waals surface area contributed by atoms with Gasteiger partial charge in [-0.25, -0.2) is 8.78 Å². The van der Waals surface area contributed by atoms with Crippen molar-refractivity contribution in [3.8, 4) is 11.5 Å². The Bertz CT molecular complexity index is 630. The van der Waals surface area contributed by atoms with Gasteiger partial charge in [0.15, 0.2) is 17.3 Å². The molecule has 2 aromatic carbocycles. The third-order valence-electron chi connectivity index (χ3n) is 3.00. The highest BCUT2D eigenvalue weighted by molar-refractivity contribution is 5.50. The van der Waals surface area contributed by atoms with Crippen LogP contribution in [0.15, 0.2) is 30.3 Å². The van der Waals surface area contributed by atoms with Crippen LogP contribution in [0.4, 0.5) is 14.5 Å². The summed E-state index contributed by atoms with van der Waals surface area (Å²) in [7, 11) is 1.44. The second-order valence-corrected chi connectivity index (χ2v) is 4.41. The number of hydrogen-bond donors (Lipinski definition) is 2. The van der Waals surface area contributed by atoms with Gasteiger partial charge in [0.2, 0.25) is 0 Å². The summed E-state index contributed by atoms with van der Waals surface area (Å²) >= 11 is 0. The molecule has 0 bridgehead atoms. The number of ether oxygens (including phenoxy) is 1. The van der Waals surface area contributed by atoms with Crippen LogP contribution in [0, 0.1) is 18.6 Å². The van der Waals surface area contributed by atoms with E-state index in [-0.39, 0.29) is 18.0 Å². The highest BCUT2D eigenvalue weighted by atomic mass is 19.1. The fourth-order valence-corrected chi connectivity index (χ4v) is 1.84. The van der Waals surface area contributed by atoms with Gasteiger partial charge in [-0.15, -0.1) is 0 Å². The largest absolute Gasteiger partial charge is 0.504 e. The predicted octanol–water partition coefficient (Wildman–Crippen LogP) is 3.60. The molecule has 5 heteroatoms. The molecule has 0 amide bonds. The van der Waals surface area contributed by atoms with Crippen LogP contribution in [0.1, 0.15) is 11.1 Å². The molecular formula is C15H15F2NO2. The zero-order chi connectivity index (χ0) is 14.7. The Morgan fingerprint density at radius 1 is 1.20 bits per heavy atom. The van der Waals surface area contributed by atoms with Crippen LogP contribution in [-0.4, -0.2) is 12.2 Å². The summed E-state index contributed by atoms with van der Waals surface area (Å²) < 4.78 is 32.4. The van der Waals surface area contributed by atoms with E-state index in [1.807, 2.05) is 0 Å². The molecule has 0 aliphatic heterocycles. The lowest BCUT2D eigenvalue weighted by atomic mass is 10.1. The third kappa shape index (κ3) is 2.82. The van der Waals surface area contributed by atoms with Gasteiger partial charge < -0.3 is 15.2 Å². The molecule has 0 spiro atoms. The van der Waals surface area contributed by atoms with Gasteiger partial charge >= 0.3 is 0 Å². The number of rotatable bonds is 4. The van der Waals surface area contributed by atoms with Gasteiger partial charge in [0.05, 0.1) is 7.11 Å². The van der Waals surface area contributed by atoms with Crippen LogP contribution in [0.5, 0.6) is 11.5 Å². The molecule has 20 heavy (non-hydrogen) atoms. The van der Waals surface area contributed by atoms with Crippen molar-refractivity contribution < 1.29 is 18.6 Å². The first-order chi connectivity index (χ1) is 9.52. The number of anilines is 1. The SMILES string of the molecule is COc1cc(CNc2c(F)ccc(C)c2F)ccc1O. The van der Waals surface area contributed by atoms with Gasteiger partial charge in [0.25, 0.3) is 0 Å². The summed E-state index contributed by atoms with van der Waals surface area (Å²) in [5.41, 5.74) is 0.953. The average Bonchev–Trinajstić information content (AvgIpc) is 2.44. The van der Waals surface area contributed by atoms with E-state index < -0.39 is 11.6 Å². The standard InChI is InChI=1S/C15H15F2NO2/c1-9-3-5-11(16)15(14(9)17)18-8-10-4-6-12(19)13(7-10)20-2/h3-7,18-19H,8H2,1-2H3. The highest BCUT2D eigenvalue weighted by Gasteiger charge is 2.11. The Balaban J connectivity index is 2.19. The monoisotopic (exact) mass is 279 g/mol. The lowest BCUT2D eigenvalue weighted by Gasteiger charge is -2.11. The van der Waals surface area contributed by atoms with Crippen molar-refractivity contribution in [3.63, 3.8) is 0 Å². The van der Waals surface area contributed by atoms with E-state index in [4.69, 9.17) is 4.74 Å². The Morgan fingerprint density at radius 2 is 1.95 bits per heavy atom. The number of halogens is 2. The Kier molecular flexibility index (Phi) is 4.08. The maximum atomic E-state index is 13.8. The summed E-state index contributed by atoms with van der Waals surface area (Å²) in [6.45, 7) is 1.79. The third-order valence-corrected chi connectivity index (χ3v) is 3.00. The van der Waals surface area contributed by atoms with E-state index in [0.717, 1.165) is 5.56 Å². The van der Waals surface area contributed by atoms with Crippen molar-refractivity contribution in [2.75, 3.05) is 12.4 Å². The van der Waals surface area contributed by atoms with Crippen molar-refractivity contribution in [3.05, 3.63) is 53.1 Å². The highest BCUT2D eigenvalue weighted by Crippen LogP contribution is 2.27. The molecule has 0 saturated carbocycles. The molecule has 0 aliphatic carbocycles. The number of phenolic OH excluding ortho intramolecular Hbond substituents is 1. The maximum absolute atomic E-state index is 13.8. The molecule has 2 N–H and O–H groups in total. The molecule has 2 rings (SSSR count). The number of aromatic hydroxyl groups is 1. The van der Waals surface area contributed by atoms with Gasteiger partial charge in [-0.1, -0.05) is 12.1 Å². The van der Waals surface area contributed by atoms with E-state index in [2.05, 4.69) is 5.32 Å². The summed E-state index contributed by atoms with van der Waals surface area (Å²) in [6, 6.07) is 7.33. The first kappa shape index (κ1) is 14.1. The van der Waals surface area contributed by atoms with E-state index >= 15 is 0 Å². The van der Waals surface area contributed by atoms with Gasteiger partial charge in [-0.3, -0.25) is 0 Å². The second kappa shape index (κ2) is 5.77. The Hall–Kier alpha value is -2.30. The Labute approximate surface area is 115 Å². The molecule has 3 nitrogen and oxygen atoms in total. The quantitative estimate of drug-likeness (QED) is 0.898. The molecule has 0 heterocycles. The van der Waals surface area contributed by atoms with E-state index in [0.29, 0.717) is 11.3 Å². The van der Waals surface area contributed by atoms with E-state index in [1.165, 1.54) is 25.3 Å². The smallest absolute Gasteiger partial charge is 0.160 e. The molecule has 0 unspecified atom stereocenters. The van der Waals surface area contributed by atoms with Crippen LogP contribution in [0.2, 0.25) is 0 Å². The summed E-state index contributed by atoms with van der Waals surface area (Å²) in [5.74, 6) is -0.909. The van der Waals surface area contributed by atoms with Crippen molar-refractivity contribution >= 4 is 5.69 Å². The number of hydrogen-bond acceptors (Lipinski definition) is 3. The Morgan fingerprint density at radius 3 is 2.65 bits per heavy atom. The van der Waals surface area contributed by atoms with E-state index in [1.54, 1.807) is 19.1 Å². The fraction of sp³-hybridized carbons (Fsp3) is 0.200. The van der Waals surface area contributed by atoms with Crippen molar-refractivity contribution in [1.82, 2.24) is 0 Å². The van der Waals surface area contributed by atoms with Crippen LogP contribution in [0.25, 0.3) is 0 Å². The first-order valence-corrected chi connectivity index (χ1v) is 6.07. The number of aryl methyl sites for hydroxylation is 1. The predicted molar refractivity (Wildman–Crippen MR) is 73.1 cm³/mol. The first-order valence-electron chi connectivity index (χ1n) is 6.07. The summed E-state index contributed by atoms with van der Waals surface area (Å²) in [5, 5.41) is 12.2. The average molecular weight is 279 g/mol. The fourth-order valence-electron chi connectivity index (χ4n) is 1.84. The lowest BCUT2D eigenvalue weighted by Crippen LogP contribution is -2.05. The van der Waals surface area contributed by atoms with E-state index in [9.17, 15) is 13.9 Å². The maximum Gasteiger partial charge on any atom is 0.160 e. The molecule has 0 fully saturated rings. The lowest BCUT2D eigenvalue weighted by molar-refractivity contribution is 0.373. The van der Waals surface area contributed by atoms with Crippen LogP contribution >= 0.6 is 0 Å². The van der Waals surface area contributed by atoms with Crippen LogP contribution in [0.3, 0.4) is 0 Å². The van der Waals surface area contributed by atoms with Gasteiger partial charge in [-0.05, 0) is 36.2 Å². The minimum atomic E-state index is -0.640. The zero-order valence-corrected chi connectivity index (χ0v) is 11.2. The number of nitrogens with one attached hydrogen (secondary N) is 1. The summed E-state index contributed by atoms with van der Waals surface area (Å²) in [6.07, 6.45) is 0. The minimum absolute atomic E-state index is 0.0177. The summed E-state index contributed by atoms with van der Waals surface area (Å²) in [4.78, 5) is 0. The second-order valence-electron chi connectivity index (χ2n) is 4.41. The molecule has 0 radical (unpaired) electrons. The molecule has 0 aliphatic rings. The van der Waals surface area contributed by atoms with Crippen LogP contribution in [-0.2, 0) is 6.54 Å². The molecule has 0 aromatic heterocycles. The zero-order valence-electron chi connectivity index (χ0n) is 11.2. The number of methoxy groups -OCH3 is 1. The van der Waals surface area contributed by atoms with Crippen molar-refractivity contribution in [2.24, 2.45) is 0 Å². The normalized spacial score (nSPS) is 10.4. The number of benzene rings is 2. The van der Waals surface area contributed by atoms with Gasteiger partial charge in [0.1, 0.15) is 11.5 Å². The molecule has 0 atom stereocenters. The van der Waals surface area contributed by atoms with Gasteiger partial charge in [0, 0.05) is 6.54 Å². The molecule has 2 aromatic rings. The van der Waals surface area contributed by atoms with Crippen molar-refractivity contribution in [1.29, 1.82) is 0 Å². The van der Waals surface area contributed by atoms with Gasteiger partial charge in [-0.2, -0.15) is 0 Å². The molecule has 106 valence electrons. The molecule has 0 saturated heterocycles. The molecular weight excluding hydrogens is 264 g/mol. The van der Waals surface area contributed by atoms with Crippen LogP contribution < -0.4 is 10.1 Å². The van der Waals surface area contributed by atoms with Crippen molar-refractivity contribution in [2.45, 2.75) is 13.5 Å². The minimum Gasteiger partial charge on any atom is -0.504 e. The number of phenols is 1.